The number of ketones is 1. The van der Waals surface area contributed by atoms with E-state index in [9.17, 15) is 14.4 Å². The molecule has 22 heavy (non-hydrogen) atoms. The van der Waals surface area contributed by atoms with E-state index < -0.39 is 12.1 Å². The molecule has 1 heterocycles. The second-order valence-corrected chi connectivity index (χ2v) is 4.91. The van der Waals surface area contributed by atoms with Crippen LogP contribution in [-0.4, -0.2) is 60.1 Å². The second-order valence-electron chi connectivity index (χ2n) is 4.91. The van der Waals surface area contributed by atoms with Crippen LogP contribution < -0.4 is 4.74 Å². The molecule has 1 aliphatic heterocycles. The number of carboxylic acids is 1. The zero-order valence-corrected chi connectivity index (χ0v) is 12.2. The average molecular weight is 307 g/mol. The van der Waals surface area contributed by atoms with Crippen LogP contribution in [0.15, 0.2) is 24.3 Å². The second kappa shape index (κ2) is 7.04. The molecule has 1 amide bonds. The minimum absolute atomic E-state index is 0.00497. The van der Waals surface area contributed by atoms with Crippen molar-refractivity contribution in [1.29, 1.82) is 0 Å². The molecule has 1 saturated heterocycles. The summed E-state index contributed by atoms with van der Waals surface area (Å²) in [4.78, 5) is 35.6. The van der Waals surface area contributed by atoms with E-state index in [1.54, 1.807) is 24.3 Å². The van der Waals surface area contributed by atoms with Gasteiger partial charge in [-0.15, -0.1) is 0 Å². The number of amides is 1. The van der Waals surface area contributed by atoms with Gasteiger partial charge in [-0.3, -0.25) is 9.59 Å². The smallest absolute Gasteiger partial charge is 0.334 e. The van der Waals surface area contributed by atoms with Crippen molar-refractivity contribution in [1.82, 2.24) is 4.90 Å². The number of benzene rings is 1. The summed E-state index contributed by atoms with van der Waals surface area (Å²) in [5, 5.41) is 8.90. The van der Waals surface area contributed by atoms with E-state index in [2.05, 4.69) is 0 Å². The lowest BCUT2D eigenvalue weighted by Crippen LogP contribution is -2.49. The Kier molecular flexibility index (Phi) is 5.11. The van der Waals surface area contributed by atoms with Crippen LogP contribution in [0.1, 0.15) is 17.3 Å². The van der Waals surface area contributed by atoms with Crippen molar-refractivity contribution in [2.24, 2.45) is 0 Å². The first-order valence-corrected chi connectivity index (χ1v) is 6.83. The first-order chi connectivity index (χ1) is 10.5. The number of carbonyl (C=O) groups is 3. The molecule has 0 spiro atoms. The van der Waals surface area contributed by atoms with Crippen LogP contribution in [0.3, 0.4) is 0 Å². The highest BCUT2D eigenvalue weighted by molar-refractivity contribution is 5.94. The Morgan fingerprint density at radius 3 is 2.86 bits per heavy atom. The monoisotopic (exact) mass is 307 g/mol. The van der Waals surface area contributed by atoms with Gasteiger partial charge in [-0.1, -0.05) is 12.1 Å². The molecule has 0 radical (unpaired) electrons. The number of Topliss-reactive ketones (excluding diaryl/α,β-unsaturated/α-hetero) is 1. The SMILES string of the molecule is CC(=O)c1cccc(OCC(=O)N2CCOC(C(=O)O)C2)c1. The summed E-state index contributed by atoms with van der Waals surface area (Å²) in [6.07, 6.45) is -1.00. The number of hydrogen-bond acceptors (Lipinski definition) is 5. The Morgan fingerprint density at radius 2 is 2.18 bits per heavy atom. The topological polar surface area (TPSA) is 93.1 Å². The number of rotatable bonds is 5. The van der Waals surface area contributed by atoms with Gasteiger partial charge >= 0.3 is 5.97 Å². The van der Waals surface area contributed by atoms with Crippen LogP contribution in [0.25, 0.3) is 0 Å². The van der Waals surface area contributed by atoms with Gasteiger partial charge in [0.05, 0.1) is 13.2 Å². The molecule has 1 unspecified atom stereocenters. The fourth-order valence-electron chi connectivity index (χ4n) is 2.07. The molecule has 7 nitrogen and oxygen atoms in total. The van der Waals surface area contributed by atoms with Crippen molar-refractivity contribution >= 4 is 17.7 Å². The molecular formula is C15H17NO6. The van der Waals surface area contributed by atoms with Crippen molar-refractivity contribution in [3.8, 4) is 5.75 Å². The lowest BCUT2D eigenvalue weighted by molar-refractivity contribution is -0.159. The molecule has 1 aromatic carbocycles. The van der Waals surface area contributed by atoms with Gasteiger partial charge in [0.15, 0.2) is 18.5 Å². The molecule has 0 aliphatic carbocycles. The lowest BCUT2D eigenvalue weighted by Gasteiger charge is -2.30. The molecule has 0 saturated carbocycles. The van der Waals surface area contributed by atoms with Crippen LogP contribution >= 0.6 is 0 Å². The highest BCUT2D eigenvalue weighted by atomic mass is 16.5. The van der Waals surface area contributed by atoms with Crippen LogP contribution in [-0.2, 0) is 14.3 Å². The molecular weight excluding hydrogens is 290 g/mol. The molecule has 2 rings (SSSR count). The van der Waals surface area contributed by atoms with Crippen LogP contribution in [0, 0.1) is 0 Å². The Labute approximate surface area is 127 Å². The number of ether oxygens (including phenoxy) is 2. The highest BCUT2D eigenvalue weighted by Crippen LogP contribution is 2.14. The predicted molar refractivity (Wildman–Crippen MR) is 75.9 cm³/mol. The van der Waals surface area contributed by atoms with E-state index in [0.29, 0.717) is 17.9 Å². The lowest BCUT2D eigenvalue weighted by atomic mass is 10.1. The first kappa shape index (κ1) is 16.0. The highest BCUT2D eigenvalue weighted by Gasteiger charge is 2.29. The fraction of sp³-hybridized carbons (Fsp3) is 0.400. The number of carboxylic acid groups (broad SMARTS) is 1. The molecule has 1 aromatic rings. The van der Waals surface area contributed by atoms with E-state index in [0.717, 1.165) is 0 Å². The van der Waals surface area contributed by atoms with E-state index in [-0.39, 0.29) is 31.4 Å². The van der Waals surface area contributed by atoms with Gasteiger partial charge in [-0.25, -0.2) is 4.79 Å². The van der Waals surface area contributed by atoms with Crippen LogP contribution in [0.4, 0.5) is 0 Å². The molecule has 0 aromatic heterocycles. The largest absolute Gasteiger partial charge is 0.484 e. The quantitative estimate of drug-likeness (QED) is 0.800. The zero-order chi connectivity index (χ0) is 16.1. The molecule has 1 atom stereocenters. The minimum Gasteiger partial charge on any atom is -0.484 e. The van der Waals surface area contributed by atoms with Gasteiger partial charge < -0.3 is 19.5 Å². The minimum atomic E-state index is -1.09. The summed E-state index contributed by atoms with van der Waals surface area (Å²) in [6.45, 7) is 1.75. The fourth-order valence-corrected chi connectivity index (χ4v) is 2.07. The van der Waals surface area contributed by atoms with Gasteiger partial charge in [0.2, 0.25) is 0 Å². The Bertz CT molecular complexity index is 585. The summed E-state index contributed by atoms with van der Waals surface area (Å²) in [5.74, 6) is -1.08. The summed E-state index contributed by atoms with van der Waals surface area (Å²) in [5.41, 5.74) is 0.502. The number of carbonyl (C=O) groups excluding carboxylic acids is 2. The summed E-state index contributed by atoms with van der Waals surface area (Å²) < 4.78 is 10.4. The van der Waals surface area contributed by atoms with Crippen LogP contribution in [0.2, 0.25) is 0 Å². The maximum absolute atomic E-state index is 12.0. The zero-order valence-electron chi connectivity index (χ0n) is 12.2. The number of morpholine rings is 1. The number of aliphatic carboxylic acids is 1. The third-order valence-electron chi connectivity index (χ3n) is 3.30. The third kappa shape index (κ3) is 4.05. The van der Waals surface area contributed by atoms with Gasteiger partial charge in [-0.05, 0) is 19.1 Å². The molecule has 118 valence electrons. The van der Waals surface area contributed by atoms with E-state index in [1.165, 1.54) is 11.8 Å². The summed E-state index contributed by atoms with van der Waals surface area (Å²) >= 11 is 0. The number of nitrogens with zero attached hydrogens (tertiary/aromatic N) is 1. The summed E-state index contributed by atoms with van der Waals surface area (Å²) in [7, 11) is 0. The maximum atomic E-state index is 12.0. The molecule has 1 fully saturated rings. The Morgan fingerprint density at radius 1 is 1.41 bits per heavy atom. The molecule has 1 aliphatic rings. The van der Waals surface area contributed by atoms with Crippen molar-refractivity contribution < 1.29 is 29.0 Å². The first-order valence-electron chi connectivity index (χ1n) is 6.83. The maximum Gasteiger partial charge on any atom is 0.334 e. The van der Waals surface area contributed by atoms with E-state index >= 15 is 0 Å². The third-order valence-corrected chi connectivity index (χ3v) is 3.30. The molecule has 7 heteroatoms. The van der Waals surface area contributed by atoms with Gasteiger partial charge in [-0.2, -0.15) is 0 Å². The molecule has 1 N–H and O–H groups in total. The van der Waals surface area contributed by atoms with Crippen molar-refractivity contribution in [2.45, 2.75) is 13.0 Å². The van der Waals surface area contributed by atoms with Crippen molar-refractivity contribution in [3.63, 3.8) is 0 Å². The van der Waals surface area contributed by atoms with Crippen molar-refractivity contribution in [2.75, 3.05) is 26.3 Å². The van der Waals surface area contributed by atoms with E-state index in [1.807, 2.05) is 0 Å². The van der Waals surface area contributed by atoms with Crippen molar-refractivity contribution in [3.05, 3.63) is 29.8 Å². The standard InChI is InChI=1S/C15H17NO6/c1-10(17)11-3-2-4-12(7-11)22-9-14(18)16-5-6-21-13(8-16)15(19)20/h2-4,7,13H,5-6,8-9H2,1H3,(H,19,20). The van der Waals surface area contributed by atoms with E-state index in [4.69, 9.17) is 14.6 Å². The average Bonchev–Trinajstić information content (AvgIpc) is 2.53. The van der Waals surface area contributed by atoms with Gasteiger partial charge in [0.25, 0.3) is 5.91 Å². The summed E-state index contributed by atoms with van der Waals surface area (Å²) in [6, 6.07) is 6.55. The molecule has 0 bridgehead atoms. The van der Waals surface area contributed by atoms with Gasteiger partial charge in [0, 0.05) is 12.1 Å². The Hall–Kier alpha value is -2.41. The number of hydrogen-bond donors (Lipinski definition) is 1. The predicted octanol–water partition coefficient (Wildman–Crippen LogP) is 0.580. The van der Waals surface area contributed by atoms with Crippen LogP contribution in [0.5, 0.6) is 5.75 Å². The van der Waals surface area contributed by atoms with Gasteiger partial charge in [0.1, 0.15) is 5.75 Å². The normalized spacial score (nSPS) is 17.9. The Balaban J connectivity index is 1.91.